The van der Waals surface area contributed by atoms with Crippen molar-refractivity contribution in [3.8, 4) is 0 Å². The summed E-state index contributed by atoms with van der Waals surface area (Å²) in [7, 11) is 0. The molecule has 0 bridgehead atoms. The fourth-order valence-electron chi connectivity index (χ4n) is 5.00. The number of carbonyl (C=O) groups excluding carboxylic acids is 1. The second-order valence-electron chi connectivity index (χ2n) is 8.45. The van der Waals surface area contributed by atoms with E-state index in [-0.39, 0.29) is 24.0 Å². The van der Waals surface area contributed by atoms with Gasteiger partial charge in [-0.05, 0) is 68.8 Å². The van der Waals surface area contributed by atoms with Crippen molar-refractivity contribution in [2.24, 2.45) is 17.8 Å². The summed E-state index contributed by atoms with van der Waals surface area (Å²) < 4.78 is 0. The van der Waals surface area contributed by atoms with Gasteiger partial charge >= 0.3 is 5.97 Å². The molecule has 0 spiro atoms. The van der Waals surface area contributed by atoms with E-state index in [2.05, 4.69) is 18.2 Å². The predicted molar refractivity (Wildman–Crippen MR) is 109 cm³/mol. The number of rotatable bonds is 11. The van der Waals surface area contributed by atoms with Gasteiger partial charge in [-0.1, -0.05) is 42.0 Å². The Labute approximate surface area is 167 Å². The lowest BCUT2D eigenvalue weighted by Gasteiger charge is -2.20. The predicted octanol–water partition coefficient (Wildman–Crippen LogP) is 4.56. The van der Waals surface area contributed by atoms with Crippen LogP contribution in [0.3, 0.4) is 0 Å². The van der Waals surface area contributed by atoms with Crippen LogP contribution in [0.5, 0.6) is 0 Å². The Balaban J connectivity index is 1.42. The van der Waals surface area contributed by atoms with Gasteiger partial charge in [0.25, 0.3) is 0 Å². The number of unbranched alkanes of at least 4 members (excludes halogenated alkanes) is 2. The molecule has 2 aliphatic carbocycles. The normalized spacial score (nSPS) is 26.1. The molecule has 0 radical (unpaired) electrons. The Kier molecular flexibility index (Phi) is 7.43. The van der Waals surface area contributed by atoms with E-state index in [4.69, 9.17) is 5.11 Å². The topological polar surface area (TPSA) is 74.6 Å². The van der Waals surface area contributed by atoms with Crippen LogP contribution in [0.1, 0.15) is 63.4 Å². The summed E-state index contributed by atoms with van der Waals surface area (Å²) >= 11 is 0. The molecule has 1 aromatic rings. The molecule has 0 saturated heterocycles. The molecule has 1 aromatic carbocycles. The number of aliphatic hydroxyl groups excluding tert-OH is 1. The quantitative estimate of drug-likeness (QED) is 0.433. The summed E-state index contributed by atoms with van der Waals surface area (Å²) in [4.78, 5) is 23.4. The van der Waals surface area contributed by atoms with Crippen LogP contribution in [0.2, 0.25) is 0 Å². The van der Waals surface area contributed by atoms with Crippen molar-refractivity contribution in [3.63, 3.8) is 0 Å². The summed E-state index contributed by atoms with van der Waals surface area (Å²) in [6.07, 6.45) is 9.53. The largest absolute Gasteiger partial charge is 0.481 e. The Morgan fingerprint density at radius 1 is 0.964 bits per heavy atom. The van der Waals surface area contributed by atoms with Gasteiger partial charge in [-0.3, -0.25) is 9.59 Å². The number of carboxylic acids is 1. The lowest BCUT2D eigenvalue weighted by Crippen LogP contribution is -2.28. The van der Waals surface area contributed by atoms with E-state index in [9.17, 15) is 14.7 Å². The zero-order chi connectivity index (χ0) is 19.9. The first-order valence-electron chi connectivity index (χ1n) is 10.7. The number of aliphatic carboxylic acids is 1. The molecule has 0 unspecified atom stereocenters. The molecule has 1 saturated carbocycles. The molecule has 1 fully saturated rings. The van der Waals surface area contributed by atoms with Gasteiger partial charge < -0.3 is 10.2 Å². The summed E-state index contributed by atoms with van der Waals surface area (Å²) in [5, 5.41) is 19.2. The van der Waals surface area contributed by atoms with Crippen LogP contribution in [0.25, 0.3) is 0 Å². The van der Waals surface area contributed by atoms with Crippen molar-refractivity contribution < 1.29 is 19.8 Å². The fourth-order valence-corrected chi connectivity index (χ4v) is 5.00. The Morgan fingerprint density at radius 2 is 1.68 bits per heavy atom. The minimum atomic E-state index is -0.738. The molecular formula is C24H32O4. The van der Waals surface area contributed by atoms with Gasteiger partial charge in [0.1, 0.15) is 5.78 Å². The Hall–Kier alpha value is -1.94. The van der Waals surface area contributed by atoms with Crippen LogP contribution in [-0.4, -0.2) is 28.1 Å². The molecule has 0 aromatic heterocycles. The molecule has 4 atom stereocenters. The summed E-state index contributed by atoms with van der Waals surface area (Å²) in [6.45, 7) is 0. The molecule has 0 amide bonds. The number of benzene rings is 1. The number of carbonyl (C=O) groups is 2. The third-order valence-corrected chi connectivity index (χ3v) is 6.38. The Morgan fingerprint density at radius 3 is 2.43 bits per heavy atom. The van der Waals surface area contributed by atoms with Crippen molar-refractivity contribution in [1.82, 2.24) is 0 Å². The number of Topliss-reactive ketones (excluding diaryl/α,β-unsaturated/α-hetero) is 1. The van der Waals surface area contributed by atoms with Crippen molar-refractivity contribution in [3.05, 3.63) is 47.5 Å². The van der Waals surface area contributed by atoms with Crippen LogP contribution in [0.15, 0.2) is 42.0 Å². The number of aliphatic hydroxyl groups is 1. The zero-order valence-electron chi connectivity index (χ0n) is 16.6. The maximum atomic E-state index is 12.8. The molecule has 2 N–H and O–H groups in total. The molecule has 0 aliphatic heterocycles. The number of hydrogen-bond donors (Lipinski definition) is 2. The lowest BCUT2D eigenvalue weighted by molar-refractivity contribution is -0.137. The van der Waals surface area contributed by atoms with Crippen LogP contribution < -0.4 is 0 Å². The van der Waals surface area contributed by atoms with Crippen molar-refractivity contribution in [2.45, 2.75) is 70.3 Å². The monoisotopic (exact) mass is 384 g/mol. The number of hydrogen-bond acceptors (Lipinski definition) is 3. The van der Waals surface area contributed by atoms with Crippen molar-refractivity contribution in [2.75, 3.05) is 0 Å². The molecule has 152 valence electrons. The average Bonchev–Trinajstić information content (AvgIpc) is 3.18. The highest BCUT2D eigenvalue weighted by atomic mass is 16.4. The lowest BCUT2D eigenvalue weighted by atomic mass is 9.84. The third kappa shape index (κ3) is 5.54. The SMILES string of the molecule is O=C(O)CCCCC1=C[C@@H]2C[C@H](O)[C@@H](C(=O)CCCCc3ccccc3)[C@@H]2C1. The van der Waals surface area contributed by atoms with Gasteiger partial charge in [0, 0.05) is 18.8 Å². The molecule has 28 heavy (non-hydrogen) atoms. The first-order valence-corrected chi connectivity index (χ1v) is 10.7. The van der Waals surface area contributed by atoms with Gasteiger partial charge in [0.15, 0.2) is 0 Å². The molecule has 4 heteroatoms. The number of fused-ring (bicyclic) bond motifs is 1. The van der Waals surface area contributed by atoms with Crippen LogP contribution in [0.4, 0.5) is 0 Å². The maximum Gasteiger partial charge on any atom is 0.303 e. The van der Waals surface area contributed by atoms with E-state index in [1.807, 2.05) is 18.2 Å². The van der Waals surface area contributed by atoms with E-state index < -0.39 is 12.1 Å². The van der Waals surface area contributed by atoms with Crippen LogP contribution in [0, 0.1) is 17.8 Å². The molecule has 4 nitrogen and oxygen atoms in total. The van der Waals surface area contributed by atoms with Gasteiger partial charge in [0.2, 0.25) is 0 Å². The van der Waals surface area contributed by atoms with Gasteiger partial charge in [-0.25, -0.2) is 0 Å². The zero-order valence-corrected chi connectivity index (χ0v) is 16.6. The Bertz CT molecular complexity index is 694. The number of aryl methyl sites for hydroxylation is 1. The third-order valence-electron chi connectivity index (χ3n) is 6.38. The van der Waals surface area contributed by atoms with E-state index in [1.54, 1.807) is 0 Å². The van der Waals surface area contributed by atoms with E-state index in [0.29, 0.717) is 25.2 Å². The van der Waals surface area contributed by atoms with Gasteiger partial charge in [-0.15, -0.1) is 0 Å². The maximum absolute atomic E-state index is 12.8. The first-order chi connectivity index (χ1) is 13.5. The highest BCUT2D eigenvalue weighted by molar-refractivity contribution is 5.82. The summed E-state index contributed by atoms with van der Waals surface area (Å²) in [5.74, 6) is -0.143. The fraction of sp³-hybridized carbons (Fsp3) is 0.583. The van der Waals surface area contributed by atoms with E-state index >= 15 is 0 Å². The standard InChI is InChI=1S/C24H32O4/c25-21(12-6-4-10-17-8-2-1-3-9-17)24-20-15-18(11-5-7-13-23(27)28)14-19(20)16-22(24)26/h1-3,8-9,14,19-20,22,24,26H,4-7,10-13,15-16H2,(H,27,28)/t19-,20-,22+,24-/m1/s1. The molecule has 3 rings (SSSR count). The number of allylic oxidation sites excluding steroid dienone is 2. The van der Waals surface area contributed by atoms with Crippen molar-refractivity contribution >= 4 is 11.8 Å². The van der Waals surface area contributed by atoms with Crippen LogP contribution in [-0.2, 0) is 16.0 Å². The minimum Gasteiger partial charge on any atom is -0.481 e. The second kappa shape index (κ2) is 10.0. The van der Waals surface area contributed by atoms with E-state index in [0.717, 1.165) is 38.5 Å². The number of carboxylic acid groups (broad SMARTS) is 1. The molecule has 2 aliphatic rings. The first kappa shape index (κ1) is 20.8. The summed E-state index contributed by atoms with van der Waals surface area (Å²) in [6, 6.07) is 10.3. The van der Waals surface area contributed by atoms with E-state index in [1.165, 1.54) is 11.1 Å². The molecule has 0 heterocycles. The average molecular weight is 385 g/mol. The smallest absolute Gasteiger partial charge is 0.303 e. The number of ketones is 1. The minimum absolute atomic E-state index is 0.213. The van der Waals surface area contributed by atoms with Crippen LogP contribution >= 0.6 is 0 Å². The van der Waals surface area contributed by atoms with Gasteiger partial charge in [0.05, 0.1) is 6.10 Å². The highest BCUT2D eigenvalue weighted by Gasteiger charge is 2.47. The highest BCUT2D eigenvalue weighted by Crippen LogP contribution is 2.48. The summed E-state index contributed by atoms with van der Waals surface area (Å²) in [5.41, 5.74) is 2.66. The van der Waals surface area contributed by atoms with Gasteiger partial charge in [-0.2, -0.15) is 0 Å². The second-order valence-corrected chi connectivity index (χ2v) is 8.45. The van der Waals surface area contributed by atoms with Crippen molar-refractivity contribution in [1.29, 1.82) is 0 Å². The molecular weight excluding hydrogens is 352 g/mol.